The number of sulfonamides is 1. The summed E-state index contributed by atoms with van der Waals surface area (Å²) in [6.45, 7) is 0.406. The van der Waals surface area contributed by atoms with Gasteiger partial charge >= 0.3 is 0 Å². The van der Waals surface area contributed by atoms with E-state index in [-0.39, 0.29) is 18.2 Å². The maximum absolute atomic E-state index is 11.6. The molecular weight excluding hydrogens is 242 g/mol. The molecule has 1 rings (SSSR count). The van der Waals surface area contributed by atoms with Gasteiger partial charge in [-0.05, 0) is 17.7 Å². The molecule has 0 atom stereocenters. The van der Waals surface area contributed by atoms with Gasteiger partial charge < -0.3 is 11.1 Å². The second-order valence-electron chi connectivity index (χ2n) is 3.52. The lowest BCUT2D eigenvalue weighted by molar-refractivity contribution is 0.0956. The van der Waals surface area contributed by atoms with Crippen LogP contribution in [0.2, 0.25) is 0 Å². The normalized spacial score (nSPS) is 11.2. The highest BCUT2D eigenvalue weighted by molar-refractivity contribution is 7.89. The Morgan fingerprint density at radius 1 is 1.24 bits per heavy atom. The van der Waals surface area contributed by atoms with E-state index in [4.69, 9.17) is 10.9 Å². The Balaban J connectivity index is 2.52. The highest BCUT2D eigenvalue weighted by Crippen LogP contribution is 2.03. The Bertz CT molecular complexity index is 482. The summed E-state index contributed by atoms with van der Waals surface area (Å²) < 4.78 is 21.3. The molecule has 0 aliphatic rings. The zero-order chi connectivity index (χ0) is 12.9. The summed E-state index contributed by atoms with van der Waals surface area (Å²) in [5, 5.41) is 7.27. The van der Waals surface area contributed by atoms with Crippen LogP contribution in [0.3, 0.4) is 0 Å². The monoisotopic (exact) mass is 257 g/mol. The summed E-state index contributed by atoms with van der Waals surface area (Å²) in [6.07, 6.45) is 0. The summed E-state index contributed by atoms with van der Waals surface area (Å²) in [6, 6.07) is 6.76. The van der Waals surface area contributed by atoms with Crippen molar-refractivity contribution >= 4 is 15.9 Å². The Morgan fingerprint density at radius 2 is 1.82 bits per heavy atom. The minimum Gasteiger partial charge on any atom is -0.351 e. The second kappa shape index (κ2) is 5.76. The largest absolute Gasteiger partial charge is 0.351 e. The third-order valence-corrected chi connectivity index (χ3v) is 2.90. The molecule has 0 saturated carbocycles. The molecule has 0 spiro atoms. The van der Waals surface area contributed by atoms with E-state index in [0.717, 1.165) is 5.56 Å². The van der Waals surface area contributed by atoms with Crippen LogP contribution < -0.4 is 16.2 Å². The standard InChI is InChI=1S/C10H15N3O3S/c11-7-8-1-3-9(4-2-8)10(14)13-5-6-17(12,15)16/h1-4H,5-7,11H2,(H,13,14)(H2,12,15,16). The zero-order valence-electron chi connectivity index (χ0n) is 9.22. The maximum atomic E-state index is 11.6. The number of rotatable bonds is 5. The fraction of sp³-hybridized carbons (Fsp3) is 0.300. The number of primary sulfonamides is 1. The van der Waals surface area contributed by atoms with Crippen LogP contribution >= 0.6 is 0 Å². The molecule has 0 saturated heterocycles. The molecule has 17 heavy (non-hydrogen) atoms. The average Bonchev–Trinajstić information content (AvgIpc) is 2.27. The molecule has 94 valence electrons. The van der Waals surface area contributed by atoms with E-state index in [1.54, 1.807) is 24.3 Å². The van der Waals surface area contributed by atoms with Crippen molar-refractivity contribution in [3.8, 4) is 0 Å². The Labute approximate surface area is 100 Å². The molecule has 6 nitrogen and oxygen atoms in total. The van der Waals surface area contributed by atoms with Crippen molar-refractivity contribution in [2.45, 2.75) is 6.54 Å². The predicted octanol–water partition coefficient (Wildman–Crippen LogP) is -0.836. The topological polar surface area (TPSA) is 115 Å². The van der Waals surface area contributed by atoms with Gasteiger partial charge in [0.2, 0.25) is 10.0 Å². The van der Waals surface area contributed by atoms with Crippen LogP contribution in [0.25, 0.3) is 0 Å². The lowest BCUT2D eigenvalue weighted by Crippen LogP contribution is -2.31. The van der Waals surface area contributed by atoms with E-state index in [1.165, 1.54) is 0 Å². The molecule has 0 fully saturated rings. The van der Waals surface area contributed by atoms with Gasteiger partial charge in [0.15, 0.2) is 0 Å². The number of amides is 1. The molecular formula is C10H15N3O3S. The third-order valence-electron chi connectivity index (χ3n) is 2.12. The molecule has 7 heteroatoms. The van der Waals surface area contributed by atoms with Crippen molar-refractivity contribution in [1.82, 2.24) is 5.32 Å². The summed E-state index contributed by atoms with van der Waals surface area (Å²) >= 11 is 0. The second-order valence-corrected chi connectivity index (χ2v) is 5.26. The van der Waals surface area contributed by atoms with Crippen LogP contribution in [0.5, 0.6) is 0 Å². The van der Waals surface area contributed by atoms with Crippen molar-refractivity contribution in [1.29, 1.82) is 0 Å². The lowest BCUT2D eigenvalue weighted by Gasteiger charge is -2.04. The number of nitrogens with one attached hydrogen (secondary N) is 1. The van der Waals surface area contributed by atoms with E-state index in [0.29, 0.717) is 12.1 Å². The van der Waals surface area contributed by atoms with Gasteiger partial charge in [-0.15, -0.1) is 0 Å². The molecule has 0 aliphatic heterocycles. The van der Waals surface area contributed by atoms with Crippen molar-refractivity contribution in [2.75, 3.05) is 12.3 Å². The summed E-state index contributed by atoms with van der Waals surface area (Å²) in [5.41, 5.74) is 6.80. The maximum Gasteiger partial charge on any atom is 0.251 e. The van der Waals surface area contributed by atoms with E-state index in [9.17, 15) is 13.2 Å². The van der Waals surface area contributed by atoms with Gasteiger partial charge in [0, 0.05) is 18.7 Å². The van der Waals surface area contributed by atoms with Gasteiger partial charge in [0.1, 0.15) is 0 Å². The first kappa shape index (κ1) is 13.6. The molecule has 0 aliphatic carbocycles. The quantitative estimate of drug-likeness (QED) is 0.638. The Morgan fingerprint density at radius 3 is 2.29 bits per heavy atom. The van der Waals surface area contributed by atoms with E-state index >= 15 is 0 Å². The van der Waals surface area contributed by atoms with E-state index < -0.39 is 10.0 Å². The van der Waals surface area contributed by atoms with Gasteiger partial charge in [-0.3, -0.25) is 4.79 Å². The van der Waals surface area contributed by atoms with E-state index in [2.05, 4.69) is 5.32 Å². The molecule has 5 N–H and O–H groups in total. The minimum absolute atomic E-state index is 0.00366. The Kier molecular flexibility index (Phi) is 4.62. The number of benzene rings is 1. The van der Waals surface area contributed by atoms with Crippen LogP contribution in [-0.2, 0) is 16.6 Å². The first-order chi connectivity index (χ1) is 7.92. The smallest absolute Gasteiger partial charge is 0.251 e. The molecule has 0 bridgehead atoms. The number of hydrogen-bond donors (Lipinski definition) is 3. The first-order valence-electron chi connectivity index (χ1n) is 5.00. The molecule has 1 aromatic carbocycles. The van der Waals surface area contributed by atoms with Gasteiger partial charge in [0.05, 0.1) is 5.75 Å². The van der Waals surface area contributed by atoms with Gasteiger partial charge in [-0.1, -0.05) is 12.1 Å². The van der Waals surface area contributed by atoms with Crippen molar-refractivity contribution in [3.05, 3.63) is 35.4 Å². The minimum atomic E-state index is -3.54. The highest BCUT2D eigenvalue weighted by atomic mass is 32.2. The molecule has 0 radical (unpaired) electrons. The van der Waals surface area contributed by atoms with Gasteiger partial charge in [-0.25, -0.2) is 13.6 Å². The van der Waals surface area contributed by atoms with Crippen molar-refractivity contribution in [3.63, 3.8) is 0 Å². The summed E-state index contributed by atoms with van der Waals surface area (Å²) in [5.74, 6) is -0.614. The number of hydrogen-bond acceptors (Lipinski definition) is 4. The van der Waals surface area contributed by atoms with Crippen LogP contribution in [0.4, 0.5) is 0 Å². The zero-order valence-corrected chi connectivity index (χ0v) is 10.0. The van der Waals surface area contributed by atoms with Crippen LogP contribution in [0, 0.1) is 0 Å². The van der Waals surface area contributed by atoms with E-state index in [1.807, 2.05) is 0 Å². The van der Waals surface area contributed by atoms with Gasteiger partial charge in [-0.2, -0.15) is 0 Å². The lowest BCUT2D eigenvalue weighted by atomic mass is 10.1. The van der Waals surface area contributed by atoms with Crippen LogP contribution in [0.15, 0.2) is 24.3 Å². The van der Waals surface area contributed by atoms with Crippen molar-refractivity contribution < 1.29 is 13.2 Å². The summed E-state index contributed by atoms with van der Waals surface area (Å²) in [7, 11) is -3.54. The SMILES string of the molecule is NCc1ccc(C(=O)NCCS(N)(=O)=O)cc1. The van der Waals surface area contributed by atoms with Gasteiger partial charge in [0.25, 0.3) is 5.91 Å². The average molecular weight is 257 g/mol. The molecule has 1 aromatic rings. The van der Waals surface area contributed by atoms with Crippen LogP contribution in [-0.4, -0.2) is 26.6 Å². The van der Waals surface area contributed by atoms with Crippen molar-refractivity contribution in [2.24, 2.45) is 10.9 Å². The number of nitrogens with two attached hydrogens (primary N) is 2. The third kappa shape index (κ3) is 4.94. The molecule has 0 unspecified atom stereocenters. The fourth-order valence-electron chi connectivity index (χ4n) is 1.20. The fourth-order valence-corrected chi connectivity index (χ4v) is 1.59. The predicted molar refractivity (Wildman–Crippen MR) is 64.6 cm³/mol. The first-order valence-corrected chi connectivity index (χ1v) is 6.71. The Hall–Kier alpha value is -1.44. The molecule has 1 amide bonds. The number of carbonyl (C=O) groups is 1. The summed E-state index contributed by atoms with van der Waals surface area (Å²) in [4.78, 5) is 11.6. The molecule has 0 heterocycles. The van der Waals surface area contributed by atoms with Crippen LogP contribution in [0.1, 0.15) is 15.9 Å². The highest BCUT2D eigenvalue weighted by Gasteiger charge is 2.07. The molecule has 0 aromatic heterocycles. The number of carbonyl (C=O) groups excluding carboxylic acids is 1.